The third-order valence-corrected chi connectivity index (χ3v) is 5.11. The number of ether oxygens (including phenoxy) is 1. The highest BCUT2D eigenvalue weighted by Gasteiger charge is 2.49. The van der Waals surface area contributed by atoms with Crippen molar-refractivity contribution < 1.29 is 9.53 Å². The van der Waals surface area contributed by atoms with E-state index in [0.29, 0.717) is 32.1 Å². The Morgan fingerprint density at radius 1 is 1.55 bits per heavy atom. The van der Waals surface area contributed by atoms with Gasteiger partial charge in [-0.3, -0.25) is 4.79 Å². The number of carbonyl (C=O) groups excluding carboxylic acids is 1. The highest BCUT2D eigenvalue weighted by atomic mass is 16.5. The Bertz CT molecular complexity index is 707. The second-order valence-corrected chi connectivity index (χ2v) is 6.62. The summed E-state index contributed by atoms with van der Waals surface area (Å²) in [6, 6.07) is 3.92. The number of nitrogens with one attached hydrogen (secondary N) is 1. The molecule has 1 unspecified atom stereocenters. The van der Waals surface area contributed by atoms with E-state index in [4.69, 9.17) is 4.74 Å². The highest BCUT2D eigenvalue weighted by Crippen LogP contribution is 2.44. The Labute approximate surface area is 129 Å². The van der Waals surface area contributed by atoms with Crippen LogP contribution in [0.1, 0.15) is 25.3 Å². The van der Waals surface area contributed by atoms with Crippen LogP contribution in [0.5, 0.6) is 0 Å². The molecule has 2 aromatic heterocycles. The third-order valence-electron chi connectivity index (χ3n) is 5.11. The number of H-pyrrole nitrogens is 1. The van der Waals surface area contributed by atoms with Crippen molar-refractivity contribution in [3.05, 3.63) is 30.1 Å². The summed E-state index contributed by atoms with van der Waals surface area (Å²) in [5, 5.41) is 1.04. The molecule has 1 aliphatic heterocycles. The van der Waals surface area contributed by atoms with E-state index in [1.54, 1.807) is 6.20 Å². The first-order valence-corrected chi connectivity index (χ1v) is 7.98. The van der Waals surface area contributed by atoms with Gasteiger partial charge in [0.25, 0.3) is 0 Å². The first-order valence-electron chi connectivity index (χ1n) is 7.98. The van der Waals surface area contributed by atoms with Gasteiger partial charge in [-0.1, -0.05) is 0 Å². The van der Waals surface area contributed by atoms with Gasteiger partial charge in [0, 0.05) is 24.3 Å². The van der Waals surface area contributed by atoms with Gasteiger partial charge in [0.05, 0.1) is 25.2 Å². The van der Waals surface area contributed by atoms with E-state index in [9.17, 15) is 4.79 Å². The van der Waals surface area contributed by atoms with Crippen molar-refractivity contribution in [1.29, 1.82) is 0 Å². The molecule has 2 aromatic rings. The second-order valence-electron chi connectivity index (χ2n) is 6.62. The van der Waals surface area contributed by atoms with E-state index in [2.05, 4.69) is 21.8 Å². The number of morpholine rings is 1. The molecule has 0 radical (unpaired) electrons. The molecule has 3 heterocycles. The van der Waals surface area contributed by atoms with E-state index in [0.717, 1.165) is 16.6 Å². The number of fused-ring (bicyclic) bond motifs is 1. The summed E-state index contributed by atoms with van der Waals surface area (Å²) in [6.45, 7) is 4.19. The fraction of sp³-hybridized carbons (Fsp3) is 0.529. The Morgan fingerprint density at radius 3 is 3.23 bits per heavy atom. The summed E-state index contributed by atoms with van der Waals surface area (Å²) < 4.78 is 5.66. The minimum atomic E-state index is -0.125. The molecule has 1 saturated heterocycles. The molecule has 5 nitrogen and oxygen atoms in total. The topological polar surface area (TPSA) is 58.2 Å². The standard InChI is InChI=1S/C17H21N3O2/c1-17(13-4-5-13)11-22-8-7-20(17)15(21)9-12-10-19-16-14(12)3-2-6-18-16/h2-3,6,10,13H,4-5,7-9,11H2,1H3,(H,18,19). The molecule has 22 heavy (non-hydrogen) atoms. The van der Waals surface area contributed by atoms with Crippen molar-refractivity contribution in [2.24, 2.45) is 5.92 Å². The smallest absolute Gasteiger partial charge is 0.227 e. The molecule has 2 aliphatic rings. The van der Waals surface area contributed by atoms with Gasteiger partial charge in [0.2, 0.25) is 5.91 Å². The SMILES string of the molecule is CC1(C2CC2)COCCN1C(=O)Cc1c[nH]c2ncccc12. The van der Waals surface area contributed by atoms with Gasteiger partial charge >= 0.3 is 0 Å². The van der Waals surface area contributed by atoms with Gasteiger partial charge in [-0.2, -0.15) is 0 Å². The Balaban J connectivity index is 1.58. The van der Waals surface area contributed by atoms with Crippen LogP contribution in [0, 0.1) is 5.92 Å². The highest BCUT2D eigenvalue weighted by molar-refractivity contribution is 5.87. The van der Waals surface area contributed by atoms with Crippen molar-refractivity contribution in [3.8, 4) is 0 Å². The van der Waals surface area contributed by atoms with Crippen LogP contribution < -0.4 is 0 Å². The number of hydrogen-bond donors (Lipinski definition) is 1. The molecule has 4 rings (SSSR count). The predicted molar refractivity (Wildman–Crippen MR) is 83.5 cm³/mol. The Morgan fingerprint density at radius 2 is 2.41 bits per heavy atom. The molecule has 1 N–H and O–H groups in total. The number of aromatic amines is 1. The molecule has 1 saturated carbocycles. The van der Waals surface area contributed by atoms with Crippen molar-refractivity contribution in [1.82, 2.24) is 14.9 Å². The van der Waals surface area contributed by atoms with Crippen molar-refractivity contribution >= 4 is 16.9 Å². The van der Waals surface area contributed by atoms with E-state index in [-0.39, 0.29) is 11.4 Å². The minimum absolute atomic E-state index is 0.125. The number of amides is 1. The summed E-state index contributed by atoms with van der Waals surface area (Å²) >= 11 is 0. The number of pyridine rings is 1. The van der Waals surface area contributed by atoms with Crippen LogP contribution >= 0.6 is 0 Å². The van der Waals surface area contributed by atoms with E-state index < -0.39 is 0 Å². The van der Waals surface area contributed by atoms with Crippen molar-refractivity contribution in [2.45, 2.75) is 31.7 Å². The Kier molecular flexibility index (Phi) is 3.18. The molecule has 2 fully saturated rings. The van der Waals surface area contributed by atoms with Crippen molar-refractivity contribution in [2.75, 3.05) is 19.8 Å². The molecule has 0 spiro atoms. The number of rotatable bonds is 3. The van der Waals surface area contributed by atoms with Gasteiger partial charge in [-0.05, 0) is 43.4 Å². The van der Waals surface area contributed by atoms with Crippen LogP contribution in [0.3, 0.4) is 0 Å². The zero-order valence-corrected chi connectivity index (χ0v) is 12.8. The summed E-state index contributed by atoms with van der Waals surface area (Å²) in [5.74, 6) is 0.795. The molecule has 0 bridgehead atoms. The molecule has 1 atom stereocenters. The molecule has 1 aliphatic carbocycles. The molecular formula is C17H21N3O2. The lowest BCUT2D eigenvalue weighted by molar-refractivity contribution is -0.149. The van der Waals surface area contributed by atoms with E-state index in [1.807, 2.05) is 18.3 Å². The maximum atomic E-state index is 12.9. The first-order chi connectivity index (χ1) is 10.7. The third kappa shape index (κ3) is 2.20. The monoisotopic (exact) mass is 299 g/mol. The predicted octanol–water partition coefficient (Wildman–Crippen LogP) is 2.13. The fourth-order valence-corrected chi connectivity index (χ4v) is 3.64. The second kappa shape index (κ2) is 5.09. The van der Waals surface area contributed by atoms with Crippen LogP contribution in [-0.4, -0.2) is 46.1 Å². The maximum Gasteiger partial charge on any atom is 0.227 e. The minimum Gasteiger partial charge on any atom is -0.377 e. The van der Waals surface area contributed by atoms with Crippen LogP contribution in [0.25, 0.3) is 11.0 Å². The fourth-order valence-electron chi connectivity index (χ4n) is 3.64. The van der Waals surface area contributed by atoms with E-state index in [1.165, 1.54) is 12.8 Å². The van der Waals surface area contributed by atoms with Gasteiger partial charge < -0.3 is 14.6 Å². The van der Waals surface area contributed by atoms with Gasteiger partial charge in [0.15, 0.2) is 0 Å². The molecular weight excluding hydrogens is 278 g/mol. The van der Waals surface area contributed by atoms with Crippen LogP contribution in [0.2, 0.25) is 0 Å². The average molecular weight is 299 g/mol. The molecule has 5 heteroatoms. The summed E-state index contributed by atoms with van der Waals surface area (Å²) in [5.41, 5.74) is 1.75. The van der Waals surface area contributed by atoms with Gasteiger partial charge in [-0.25, -0.2) is 4.98 Å². The Hall–Kier alpha value is -1.88. The lowest BCUT2D eigenvalue weighted by atomic mass is 9.92. The normalized spacial score (nSPS) is 25.6. The zero-order valence-electron chi connectivity index (χ0n) is 12.8. The van der Waals surface area contributed by atoms with Crippen LogP contribution in [0.15, 0.2) is 24.5 Å². The summed E-state index contributed by atoms with van der Waals surface area (Å²) in [4.78, 5) is 22.4. The molecule has 116 valence electrons. The number of aromatic nitrogens is 2. The first kappa shape index (κ1) is 13.8. The zero-order chi connectivity index (χ0) is 15.2. The molecule has 1 amide bonds. The number of hydrogen-bond acceptors (Lipinski definition) is 3. The van der Waals surface area contributed by atoms with Crippen LogP contribution in [-0.2, 0) is 16.0 Å². The van der Waals surface area contributed by atoms with Gasteiger partial charge in [-0.15, -0.1) is 0 Å². The van der Waals surface area contributed by atoms with Crippen molar-refractivity contribution in [3.63, 3.8) is 0 Å². The average Bonchev–Trinajstić information content (AvgIpc) is 3.32. The van der Waals surface area contributed by atoms with E-state index >= 15 is 0 Å². The van der Waals surface area contributed by atoms with Crippen LogP contribution in [0.4, 0.5) is 0 Å². The van der Waals surface area contributed by atoms with Gasteiger partial charge in [0.1, 0.15) is 5.65 Å². The summed E-state index contributed by atoms with van der Waals surface area (Å²) in [7, 11) is 0. The number of nitrogens with zero attached hydrogens (tertiary/aromatic N) is 2. The number of carbonyl (C=O) groups is 1. The largest absolute Gasteiger partial charge is 0.377 e. The quantitative estimate of drug-likeness (QED) is 0.944. The maximum absolute atomic E-state index is 12.9. The lowest BCUT2D eigenvalue weighted by Gasteiger charge is -2.45. The lowest BCUT2D eigenvalue weighted by Crippen LogP contribution is -2.59. The summed E-state index contributed by atoms with van der Waals surface area (Å²) in [6.07, 6.45) is 6.51. The molecule has 0 aromatic carbocycles.